The minimum atomic E-state index is -0.725. The Kier molecular flexibility index (Phi) is 3.50. The summed E-state index contributed by atoms with van der Waals surface area (Å²) in [5.41, 5.74) is -0.645. The number of aliphatic carboxylic acids is 1. The zero-order valence-corrected chi connectivity index (χ0v) is 11.8. The monoisotopic (exact) mass is 291 g/mol. The van der Waals surface area contributed by atoms with Crippen molar-refractivity contribution >= 4 is 5.97 Å². The van der Waals surface area contributed by atoms with E-state index in [2.05, 4.69) is 10.1 Å². The van der Waals surface area contributed by atoms with Crippen molar-refractivity contribution in [3.63, 3.8) is 0 Å². The first-order valence-corrected chi connectivity index (χ1v) is 6.95. The molecule has 7 nitrogen and oxygen atoms in total. The Balaban J connectivity index is 1.67. The van der Waals surface area contributed by atoms with Crippen LogP contribution in [-0.2, 0) is 11.3 Å². The van der Waals surface area contributed by atoms with E-state index >= 15 is 0 Å². The van der Waals surface area contributed by atoms with Crippen molar-refractivity contribution in [2.24, 2.45) is 5.41 Å². The van der Waals surface area contributed by atoms with Crippen molar-refractivity contribution in [2.45, 2.75) is 26.3 Å². The van der Waals surface area contributed by atoms with Gasteiger partial charge in [0, 0.05) is 6.54 Å². The second kappa shape index (κ2) is 5.33. The summed E-state index contributed by atoms with van der Waals surface area (Å²) in [5.74, 6) is 0.688. The molecule has 1 aliphatic heterocycles. The van der Waals surface area contributed by atoms with Crippen LogP contribution in [0.2, 0.25) is 0 Å². The highest BCUT2D eigenvalue weighted by Gasteiger charge is 2.43. The summed E-state index contributed by atoms with van der Waals surface area (Å²) in [6.45, 7) is 3.65. The lowest BCUT2D eigenvalue weighted by molar-refractivity contribution is -0.148. The van der Waals surface area contributed by atoms with Gasteiger partial charge < -0.3 is 14.0 Å². The van der Waals surface area contributed by atoms with Crippen LogP contribution in [-0.4, -0.2) is 39.2 Å². The number of carboxylic acids is 1. The topological polar surface area (TPSA) is 92.6 Å². The first-order valence-electron chi connectivity index (χ1n) is 6.95. The van der Waals surface area contributed by atoms with Crippen molar-refractivity contribution in [1.29, 1.82) is 0 Å². The van der Waals surface area contributed by atoms with Gasteiger partial charge in [-0.15, -0.1) is 0 Å². The van der Waals surface area contributed by atoms with E-state index in [9.17, 15) is 9.90 Å². The first-order chi connectivity index (χ1) is 10.1. The third-order valence-corrected chi connectivity index (χ3v) is 4.13. The van der Waals surface area contributed by atoms with Crippen LogP contribution in [0, 0.1) is 5.41 Å². The molecular weight excluding hydrogens is 274 g/mol. The van der Waals surface area contributed by atoms with E-state index in [0.717, 1.165) is 6.54 Å². The summed E-state index contributed by atoms with van der Waals surface area (Å²) < 4.78 is 10.3. The highest BCUT2D eigenvalue weighted by atomic mass is 16.5. The lowest BCUT2D eigenvalue weighted by Crippen LogP contribution is -2.34. The fourth-order valence-corrected chi connectivity index (χ4v) is 2.73. The third-order valence-electron chi connectivity index (χ3n) is 4.13. The molecule has 3 heterocycles. The highest BCUT2D eigenvalue weighted by Crippen LogP contribution is 2.34. The second-order valence-electron chi connectivity index (χ2n) is 5.39. The zero-order valence-electron chi connectivity index (χ0n) is 11.8. The van der Waals surface area contributed by atoms with Gasteiger partial charge in [-0.05, 0) is 31.5 Å². The summed E-state index contributed by atoms with van der Waals surface area (Å²) in [6, 6.07) is 3.50. The fourth-order valence-electron chi connectivity index (χ4n) is 2.73. The fraction of sp³-hybridized carbons (Fsp3) is 0.500. The summed E-state index contributed by atoms with van der Waals surface area (Å²) in [5, 5.41) is 13.3. The number of furan rings is 1. The SMILES string of the molecule is CCC1(C(=O)O)CCN(Cc2noc(-c3ccco3)n2)C1. The molecule has 0 aromatic carbocycles. The van der Waals surface area contributed by atoms with Crippen LogP contribution < -0.4 is 0 Å². The van der Waals surface area contributed by atoms with Crippen LogP contribution in [0.4, 0.5) is 0 Å². The van der Waals surface area contributed by atoms with Crippen LogP contribution >= 0.6 is 0 Å². The lowest BCUT2D eigenvalue weighted by atomic mass is 9.84. The maximum absolute atomic E-state index is 11.4. The quantitative estimate of drug-likeness (QED) is 0.900. The van der Waals surface area contributed by atoms with E-state index in [1.54, 1.807) is 18.4 Å². The Bertz CT molecular complexity index is 622. The molecule has 2 aromatic heterocycles. The number of rotatable bonds is 5. The Morgan fingerprint density at radius 3 is 3.05 bits per heavy atom. The van der Waals surface area contributed by atoms with Gasteiger partial charge in [0.2, 0.25) is 0 Å². The van der Waals surface area contributed by atoms with E-state index in [4.69, 9.17) is 8.94 Å². The van der Waals surface area contributed by atoms with Gasteiger partial charge in [0.15, 0.2) is 11.6 Å². The Morgan fingerprint density at radius 1 is 1.57 bits per heavy atom. The Morgan fingerprint density at radius 2 is 2.43 bits per heavy atom. The number of hydrogen-bond acceptors (Lipinski definition) is 6. The maximum Gasteiger partial charge on any atom is 0.310 e. The van der Waals surface area contributed by atoms with Gasteiger partial charge in [-0.2, -0.15) is 4.98 Å². The lowest BCUT2D eigenvalue weighted by Gasteiger charge is -2.22. The molecular formula is C14H17N3O4. The number of aromatic nitrogens is 2. The van der Waals surface area contributed by atoms with Crippen molar-refractivity contribution in [3.05, 3.63) is 24.2 Å². The number of likely N-dealkylation sites (tertiary alicyclic amines) is 1. The molecule has 1 saturated heterocycles. The van der Waals surface area contributed by atoms with Gasteiger partial charge in [-0.25, -0.2) is 0 Å². The molecule has 0 spiro atoms. The van der Waals surface area contributed by atoms with Gasteiger partial charge in [0.25, 0.3) is 5.89 Å². The average molecular weight is 291 g/mol. The molecule has 1 N–H and O–H groups in total. The average Bonchev–Trinajstić information content (AvgIpc) is 3.19. The van der Waals surface area contributed by atoms with Gasteiger partial charge >= 0.3 is 5.97 Å². The van der Waals surface area contributed by atoms with Crippen molar-refractivity contribution in [1.82, 2.24) is 15.0 Å². The largest absolute Gasteiger partial charge is 0.481 e. The predicted molar refractivity (Wildman–Crippen MR) is 72.3 cm³/mol. The summed E-state index contributed by atoms with van der Waals surface area (Å²) in [7, 11) is 0. The first kappa shape index (κ1) is 13.8. The van der Waals surface area contributed by atoms with Crippen LogP contribution in [0.25, 0.3) is 11.7 Å². The predicted octanol–water partition coefficient (Wildman–Crippen LogP) is 2.02. The molecule has 1 atom stereocenters. The maximum atomic E-state index is 11.4. The zero-order chi connectivity index (χ0) is 14.9. The molecule has 3 rings (SSSR count). The molecule has 1 fully saturated rings. The highest BCUT2D eigenvalue weighted by molar-refractivity contribution is 5.75. The van der Waals surface area contributed by atoms with Gasteiger partial charge in [0.1, 0.15) is 0 Å². The third kappa shape index (κ3) is 2.56. The second-order valence-corrected chi connectivity index (χ2v) is 5.39. The molecule has 1 unspecified atom stereocenters. The number of nitrogens with zero attached hydrogens (tertiary/aromatic N) is 3. The molecule has 1 aliphatic rings. The summed E-state index contributed by atoms with van der Waals surface area (Å²) >= 11 is 0. The van der Waals surface area contributed by atoms with E-state index in [0.29, 0.717) is 43.4 Å². The van der Waals surface area contributed by atoms with Crippen LogP contribution in [0.1, 0.15) is 25.6 Å². The van der Waals surface area contributed by atoms with E-state index in [-0.39, 0.29) is 0 Å². The molecule has 2 aromatic rings. The van der Waals surface area contributed by atoms with Gasteiger partial charge in [-0.3, -0.25) is 9.69 Å². The normalized spacial score (nSPS) is 22.7. The number of carboxylic acid groups (broad SMARTS) is 1. The van der Waals surface area contributed by atoms with E-state index in [1.807, 2.05) is 11.8 Å². The smallest absolute Gasteiger partial charge is 0.310 e. The van der Waals surface area contributed by atoms with Gasteiger partial charge in [0.05, 0.1) is 18.2 Å². The van der Waals surface area contributed by atoms with Gasteiger partial charge in [-0.1, -0.05) is 12.1 Å². The molecule has 0 amide bonds. The molecule has 7 heteroatoms. The van der Waals surface area contributed by atoms with Crippen molar-refractivity contribution in [2.75, 3.05) is 13.1 Å². The molecule has 112 valence electrons. The summed E-state index contributed by atoms with van der Waals surface area (Å²) in [6.07, 6.45) is 2.83. The van der Waals surface area contributed by atoms with E-state index in [1.165, 1.54) is 0 Å². The molecule has 0 aliphatic carbocycles. The van der Waals surface area contributed by atoms with Crippen LogP contribution in [0.3, 0.4) is 0 Å². The minimum Gasteiger partial charge on any atom is -0.481 e. The van der Waals surface area contributed by atoms with Crippen molar-refractivity contribution < 1.29 is 18.8 Å². The number of carbonyl (C=O) groups is 1. The van der Waals surface area contributed by atoms with Crippen LogP contribution in [0.15, 0.2) is 27.3 Å². The van der Waals surface area contributed by atoms with Crippen molar-refractivity contribution in [3.8, 4) is 11.7 Å². The van der Waals surface area contributed by atoms with Crippen LogP contribution in [0.5, 0.6) is 0 Å². The molecule has 0 saturated carbocycles. The van der Waals surface area contributed by atoms with E-state index < -0.39 is 11.4 Å². The minimum absolute atomic E-state index is 0.342. The standard InChI is InChI=1S/C14H17N3O4/c1-2-14(13(18)19)5-6-17(9-14)8-11-15-12(21-16-11)10-4-3-7-20-10/h3-4,7H,2,5-6,8-9H2,1H3,(H,18,19). The summed E-state index contributed by atoms with van der Waals surface area (Å²) in [4.78, 5) is 17.7. The molecule has 0 bridgehead atoms. The Hall–Kier alpha value is -2.15. The molecule has 21 heavy (non-hydrogen) atoms. The molecule has 0 radical (unpaired) electrons. The Labute approximate surface area is 121 Å². The number of hydrogen-bond donors (Lipinski definition) is 1.